The summed E-state index contributed by atoms with van der Waals surface area (Å²) >= 11 is 24.6. The first kappa shape index (κ1) is 28.9. The monoisotopic (exact) mass is 553 g/mol. The molecule has 3 rings (SSSR count). The predicted octanol–water partition coefficient (Wildman–Crippen LogP) is 6.62. The molecule has 1 aromatic heterocycles. The molecule has 0 aliphatic heterocycles. The molecule has 0 saturated heterocycles. The van der Waals surface area contributed by atoms with Crippen LogP contribution in [0.1, 0.15) is 53.0 Å². The molecule has 1 heterocycles. The molecule has 2 aromatic rings. The fraction of sp³-hybridized carbons (Fsp3) is 0.636. The summed E-state index contributed by atoms with van der Waals surface area (Å²) in [5.41, 5.74) is -0.463. The summed E-state index contributed by atoms with van der Waals surface area (Å²) in [6.07, 6.45) is 4.10. The molecule has 2 unspecified atom stereocenters. The summed E-state index contributed by atoms with van der Waals surface area (Å²) < 4.78 is 15.4. The van der Waals surface area contributed by atoms with Gasteiger partial charge in [0, 0.05) is 11.4 Å². The third kappa shape index (κ3) is 6.68. The maximum absolute atomic E-state index is 11.7. The number of benzene rings is 1. The summed E-state index contributed by atoms with van der Waals surface area (Å²) in [5, 5.41) is 16.7. The molecule has 186 valence electrons. The lowest BCUT2D eigenvalue weighted by Gasteiger charge is -2.33. The van der Waals surface area contributed by atoms with Gasteiger partial charge in [-0.2, -0.15) is 5.10 Å². The van der Waals surface area contributed by atoms with Crippen LogP contribution in [0.5, 0.6) is 0 Å². The van der Waals surface area contributed by atoms with Crippen molar-refractivity contribution in [1.29, 1.82) is 0 Å². The Balaban J connectivity index is 0.00000385. The van der Waals surface area contributed by atoms with Crippen LogP contribution in [-0.4, -0.2) is 42.9 Å². The van der Waals surface area contributed by atoms with E-state index in [1.165, 1.54) is 6.33 Å². The van der Waals surface area contributed by atoms with Gasteiger partial charge in [0.05, 0.1) is 24.6 Å². The average Bonchev–Trinajstić information content (AvgIpc) is 3.38. The van der Waals surface area contributed by atoms with E-state index in [9.17, 15) is 5.11 Å². The number of hydrogen-bond donors (Lipinski definition) is 1. The minimum absolute atomic E-state index is 0. The van der Waals surface area contributed by atoms with Gasteiger partial charge in [-0.05, 0) is 67.8 Å². The summed E-state index contributed by atoms with van der Waals surface area (Å²) in [6, 6.07) is 7.45. The van der Waals surface area contributed by atoms with Crippen LogP contribution in [0.4, 0.5) is 0 Å². The van der Waals surface area contributed by atoms with E-state index in [0.29, 0.717) is 41.8 Å². The van der Waals surface area contributed by atoms with Crippen LogP contribution in [-0.2, 0) is 33.8 Å². The van der Waals surface area contributed by atoms with Crippen molar-refractivity contribution in [3.8, 4) is 0 Å². The molecule has 2 atom stereocenters. The molecule has 1 fully saturated rings. The highest BCUT2D eigenvalue weighted by atomic mass is 35.5. The zero-order chi connectivity index (χ0) is 23.6. The lowest BCUT2D eigenvalue weighted by Crippen LogP contribution is -2.47. The normalized spacial score (nSPS) is 18.4. The van der Waals surface area contributed by atoms with Gasteiger partial charge in [-0.25, -0.2) is 9.02 Å². The lowest BCUT2D eigenvalue weighted by molar-refractivity contribution is 0.00722. The minimum atomic E-state index is -2.88. The van der Waals surface area contributed by atoms with Crippen molar-refractivity contribution < 1.29 is 14.2 Å². The van der Waals surface area contributed by atoms with Crippen LogP contribution in [0.15, 0.2) is 30.6 Å². The van der Waals surface area contributed by atoms with Crippen molar-refractivity contribution in [3.63, 3.8) is 0 Å². The van der Waals surface area contributed by atoms with Crippen molar-refractivity contribution >= 4 is 53.9 Å². The smallest absolute Gasteiger partial charge is 0.297 e. The van der Waals surface area contributed by atoms with Crippen molar-refractivity contribution in [2.45, 2.75) is 70.9 Å². The van der Waals surface area contributed by atoms with E-state index in [1.807, 2.05) is 25.1 Å². The number of rotatable bonds is 12. The summed E-state index contributed by atoms with van der Waals surface area (Å²) in [4.78, 5) is -0.751. The maximum Gasteiger partial charge on any atom is 0.297 e. The van der Waals surface area contributed by atoms with Gasteiger partial charge in [0.1, 0.15) is 11.9 Å². The standard InChI is InChI=1S/C21H30Cl2N3O3PS2.CH4/c1-4-28-30(32,29-12-9-16(2)3)26-15-24-25(19(26)31)14-21(27,20(23)10-11-20)13-17-7-5-6-8-18(17)22;/h5-8,15-16,27H,4,9-14H2,1-3H3;1H4. The Hall–Kier alpha value is -0.310. The van der Waals surface area contributed by atoms with Gasteiger partial charge in [-0.3, -0.25) is 0 Å². The van der Waals surface area contributed by atoms with Gasteiger partial charge >= 0.3 is 0 Å². The van der Waals surface area contributed by atoms with E-state index in [0.717, 1.165) is 12.0 Å². The average molecular weight is 555 g/mol. The number of hydrogen-bond acceptors (Lipinski definition) is 6. The predicted molar refractivity (Wildman–Crippen MR) is 142 cm³/mol. The number of alkyl halides is 1. The van der Waals surface area contributed by atoms with Crippen molar-refractivity contribution in [2.75, 3.05) is 13.2 Å². The molecule has 1 N–H and O–H groups in total. The Morgan fingerprint density at radius 2 is 1.97 bits per heavy atom. The highest BCUT2D eigenvalue weighted by Crippen LogP contribution is 2.54. The Kier molecular flexibility index (Phi) is 10.2. The van der Waals surface area contributed by atoms with Crippen LogP contribution in [0.3, 0.4) is 0 Å². The van der Waals surface area contributed by atoms with Crippen LogP contribution < -0.4 is 0 Å². The number of aliphatic hydroxyl groups is 1. The van der Waals surface area contributed by atoms with Crippen LogP contribution in [0.25, 0.3) is 0 Å². The van der Waals surface area contributed by atoms with Crippen molar-refractivity contribution in [2.24, 2.45) is 5.92 Å². The van der Waals surface area contributed by atoms with Crippen LogP contribution in [0.2, 0.25) is 5.02 Å². The molecule has 1 saturated carbocycles. The molecule has 0 spiro atoms. The SMILES string of the molecule is C.CCOP(=S)(OCCC(C)C)n1cnn(CC(O)(Cc2ccccc2Cl)C2(Cl)CC2)c1=S. The molecular weight excluding hydrogens is 520 g/mol. The molecule has 0 radical (unpaired) electrons. The zero-order valence-corrected chi connectivity index (χ0v) is 22.6. The fourth-order valence-corrected chi connectivity index (χ4v) is 6.90. The van der Waals surface area contributed by atoms with Gasteiger partial charge in [-0.15, -0.1) is 11.6 Å². The van der Waals surface area contributed by atoms with Gasteiger partial charge < -0.3 is 14.2 Å². The molecule has 0 bridgehead atoms. The first-order valence-electron chi connectivity index (χ1n) is 10.7. The Labute approximate surface area is 217 Å². The highest BCUT2D eigenvalue weighted by Gasteiger charge is 2.58. The zero-order valence-electron chi connectivity index (χ0n) is 18.5. The Bertz CT molecular complexity index is 1040. The minimum Gasteiger partial charge on any atom is -0.386 e. The van der Waals surface area contributed by atoms with E-state index >= 15 is 0 Å². The van der Waals surface area contributed by atoms with E-state index in [2.05, 4.69) is 18.9 Å². The largest absolute Gasteiger partial charge is 0.386 e. The molecule has 1 aliphatic carbocycles. The first-order valence-corrected chi connectivity index (χ1v) is 14.5. The first-order chi connectivity index (χ1) is 15.0. The van der Waals surface area contributed by atoms with E-state index in [-0.39, 0.29) is 20.4 Å². The van der Waals surface area contributed by atoms with Gasteiger partial charge in [0.2, 0.25) is 4.77 Å². The molecule has 1 aliphatic rings. The number of nitrogens with zero attached hydrogens (tertiary/aromatic N) is 3. The lowest BCUT2D eigenvalue weighted by atomic mass is 9.89. The Morgan fingerprint density at radius 3 is 2.55 bits per heavy atom. The van der Waals surface area contributed by atoms with E-state index in [1.54, 1.807) is 15.1 Å². The molecule has 1 aromatic carbocycles. The highest BCUT2D eigenvalue weighted by molar-refractivity contribution is 8.09. The third-order valence-corrected chi connectivity index (χ3v) is 10.3. The number of aromatic nitrogens is 3. The third-order valence-electron chi connectivity index (χ3n) is 5.60. The fourth-order valence-electron chi connectivity index (χ4n) is 3.47. The molecule has 6 nitrogen and oxygen atoms in total. The molecular formula is C22H34Cl2N3O3PS2. The second kappa shape index (κ2) is 11.6. The van der Waals surface area contributed by atoms with E-state index < -0.39 is 17.1 Å². The molecule has 11 heteroatoms. The second-order valence-electron chi connectivity index (χ2n) is 8.58. The quantitative estimate of drug-likeness (QED) is 0.181. The summed E-state index contributed by atoms with van der Waals surface area (Å²) in [7, 11) is 0. The van der Waals surface area contributed by atoms with E-state index in [4.69, 9.17) is 56.3 Å². The maximum atomic E-state index is 11.7. The van der Waals surface area contributed by atoms with Crippen molar-refractivity contribution in [1.82, 2.24) is 14.1 Å². The molecule has 0 amide bonds. The van der Waals surface area contributed by atoms with Gasteiger partial charge in [-0.1, -0.05) is 51.1 Å². The molecule has 33 heavy (non-hydrogen) atoms. The second-order valence-corrected chi connectivity index (χ2v) is 13.3. The Morgan fingerprint density at radius 1 is 1.30 bits per heavy atom. The van der Waals surface area contributed by atoms with Crippen LogP contribution >= 0.6 is 42.1 Å². The van der Waals surface area contributed by atoms with Crippen LogP contribution in [0, 0.1) is 10.7 Å². The topological polar surface area (TPSA) is 61.4 Å². The summed E-state index contributed by atoms with van der Waals surface area (Å²) in [6.45, 7) is 4.21. The van der Waals surface area contributed by atoms with Crippen molar-refractivity contribution in [3.05, 3.63) is 45.9 Å². The number of halogens is 2. The van der Waals surface area contributed by atoms with Gasteiger partial charge in [0.15, 0.2) is 0 Å². The summed E-state index contributed by atoms with van der Waals surface area (Å²) in [5.74, 6) is 0.481. The van der Waals surface area contributed by atoms with Gasteiger partial charge in [0.25, 0.3) is 6.64 Å².